The number of aromatic nitrogens is 1. The van der Waals surface area contributed by atoms with Crippen molar-refractivity contribution >= 4 is 16.8 Å². The van der Waals surface area contributed by atoms with Crippen LogP contribution in [0.1, 0.15) is 29.8 Å². The van der Waals surface area contributed by atoms with E-state index in [-0.39, 0.29) is 17.4 Å². The molecule has 2 aromatic rings. The third-order valence-electron chi connectivity index (χ3n) is 5.52. The number of pyridine rings is 1. The molecular weight excluding hydrogens is 316 g/mol. The Balaban J connectivity index is 1.58. The Kier molecular flexibility index (Phi) is 4.44. The van der Waals surface area contributed by atoms with Crippen molar-refractivity contribution in [2.75, 3.05) is 33.4 Å². The summed E-state index contributed by atoms with van der Waals surface area (Å²) in [6, 6.07) is 11.7. The molecule has 4 rings (SSSR count). The molecule has 0 saturated carbocycles. The van der Waals surface area contributed by atoms with Gasteiger partial charge in [-0.2, -0.15) is 0 Å². The molecule has 2 saturated heterocycles. The predicted molar refractivity (Wildman–Crippen MR) is 95.5 cm³/mol. The Morgan fingerprint density at radius 1 is 1.36 bits per heavy atom. The van der Waals surface area contributed by atoms with E-state index >= 15 is 0 Å². The van der Waals surface area contributed by atoms with E-state index in [1.165, 1.54) is 0 Å². The number of nitrogens with zero attached hydrogens (tertiary/aromatic N) is 2. The maximum atomic E-state index is 13.0. The number of ether oxygens (including phenoxy) is 2. The lowest BCUT2D eigenvalue weighted by Gasteiger charge is -2.50. The minimum atomic E-state index is -0.0856. The number of carbonyl (C=O) groups excluding carboxylic acids is 1. The van der Waals surface area contributed by atoms with Gasteiger partial charge >= 0.3 is 0 Å². The van der Waals surface area contributed by atoms with Gasteiger partial charge in [-0.25, -0.2) is 4.98 Å². The quantitative estimate of drug-likeness (QED) is 0.862. The van der Waals surface area contributed by atoms with Crippen LogP contribution in [0, 0.1) is 5.41 Å². The molecule has 2 fully saturated rings. The van der Waals surface area contributed by atoms with Gasteiger partial charge in [0.1, 0.15) is 5.69 Å². The maximum Gasteiger partial charge on any atom is 0.272 e. The molecule has 1 amide bonds. The van der Waals surface area contributed by atoms with Crippen molar-refractivity contribution in [2.24, 2.45) is 5.41 Å². The molecule has 25 heavy (non-hydrogen) atoms. The first-order valence-corrected chi connectivity index (χ1v) is 8.97. The van der Waals surface area contributed by atoms with Gasteiger partial charge in [-0.3, -0.25) is 4.79 Å². The van der Waals surface area contributed by atoms with Gasteiger partial charge in [0.2, 0.25) is 0 Å². The van der Waals surface area contributed by atoms with E-state index in [4.69, 9.17) is 9.47 Å². The molecule has 132 valence electrons. The number of fused-ring (bicyclic) bond motifs is 2. The summed E-state index contributed by atoms with van der Waals surface area (Å²) >= 11 is 0. The van der Waals surface area contributed by atoms with Crippen molar-refractivity contribution in [2.45, 2.75) is 25.4 Å². The predicted octanol–water partition coefficient (Wildman–Crippen LogP) is 2.89. The van der Waals surface area contributed by atoms with Crippen LogP contribution in [-0.4, -0.2) is 55.3 Å². The normalized spacial score (nSPS) is 26.4. The molecule has 0 radical (unpaired) electrons. The summed E-state index contributed by atoms with van der Waals surface area (Å²) in [5.74, 6) is 0.00487. The van der Waals surface area contributed by atoms with E-state index in [9.17, 15) is 4.79 Å². The number of carbonyl (C=O) groups is 1. The van der Waals surface area contributed by atoms with E-state index in [0.717, 1.165) is 36.8 Å². The number of methoxy groups -OCH3 is 1. The van der Waals surface area contributed by atoms with Gasteiger partial charge in [-0.05, 0) is 31.4 Å². The lowest BCUT2D eigenvalue weighted by molar-refractivity contribution is -0.142. The molecule has 2 atom stereocenters. The first-order chi connectivity index (χ1) is 12.2. The molecule has 2 aliphatic heterocycles. The van der Waals surface area contributed by atoms with Gasteiger partial charge in [0, 0.05) is 37.6 Å². The Morgan fingerprint density at radius 3 is 3.12 bits per heavy atom. The average Bonchev–Trinajstić information content (AvgIpc) is 2.66. The van der Waals surface area contributed by atoms with Crippen molar-refractivity contribution in [3.8, 4) is 0 Å². The van der Waals surface area contributed by atoms with Crippen LogP contribution < -0.4 is 0 Å². The van der Waals surface area contributed by atoms with Gasteiger partial charge in [0.05, 0.1) is 18.2 Å². The summed E-state index contributed by atoms with van der Waals surface area (Å²) in [4.78, 5) is 19.5. The summed E-state index contributed by atoms with van der Waals surface area (Å²) in [7, 11) is 1.73. The summed E-state index contributed by atoms with van der Waals surface area (Å²) in [5, 5.41) is 1.05. The molecule has 1 aromatic heterocycles. The van der Waals surface area contributed by atoms with Gasteiger partial charge < -0.3 is 14.4 Å². The minimum Gasteiger partial charge on any atom is -0.384 e. The molecule has 3 heterocycles. The Hall–Kier alpha value is -1.98. The van der Waals surface area contributed by atoms with Gasteiger partial charge in [-0.1, -0.05) is 24.3 Å². The summed E-state index contributed by atoms with van der Waals surface area (Å²) in [5.41, 5.74) is 1.29. The maximum absolute atomic E-state index is 13.0. The SMILES string of the molecule is COC[C@]12CCCO[C@H]1CCN(C(=O)c1ccc3ccccc3n1)C2. The lowest BCUT2D eigenvalue weighted by Crippen LogP contribution is -2.58. The highest BCUT2D eigenvalue weighted by molar-refractivity contribution is 5.95. The van der Waals surface area contributed by atoms with E-state index in [0.29, 0.717) is 25.4 Å². The number of hydrogen-bond donors (Lipinski definition) is 0. The molecular formula is C20H24N2O3. The minimum absolute atomic E-state index is 0.00487. The average molecular weight is 340 g/mol. The largest absolute Gasteiger partial charge is 0.384 e. The Labute approximate surface area is 147 Å². The number of amides is 1. The van der Waals surface area contributed by atoms with Crippen molar-refractivity contribution in [3.63, 3.8) is 0 Å². The molecule has 5 nitrogen and oxygen atoms in total. The van der Waals surface area contributed by atoms with Gasteiger partial charge in [0.15, 0.2) is 0 Å². The zero-order chi connectivity index (χ0) is 17.3. The molecule has 0 spiro atoms. The zero-order valence-corrected chi connectivity index (χ0v) is 14.6. The lowest BCUT2D eigenvalue weighted by atomic mass is 9.73. The second kappa shape index (κ2) is 6.73. The third kappa shape index (κ3) is 3.02. The number of hydrogen-bond acceptors (Lipinski definition) is 4. The number of piperidine rings is 1. The first-order valence-electron chi connectivity index (χ1n) is 8.97. The highest BCUT2D eigenvalue weighted by atomic mass is 16.5. The second-order valence-electron chi connectivity index (χ2n) is 7.16. The third-order valence-corrected chi connectivity index (χ3v) is 5.52. The monoisotopic (exact) mass is 340 g/mol. The van der Waals surface area contributed by atoms with Crippen LogP contribution in [0.15, 0.2) is 36.4 Å². The molecule has 0 aliphatic carbocycles. The van der Waals surface area contributed by atoms with Crippen LogP contribution in [0.4, 0.5) is 0 Å². The van der Waals surface area contributed by atoms with Crippen molar-refractivity contribution in [3.05, 3.63) is 42.1 Å². The summed E-state index contributed by atoms with van der Waals surface area (Å²) in [6.07, 6.45) is 3.12. The number of benzene rings is 1. The molecule has 0 unspecified atom stereocenters. The number of likely N-dealkylation sites (tertiary alicyclic amines) is 1. The molecule has 2 aliphatic rings. The van der Waals surface area contributed by atoms with Crippen molar-refractivity contribution in [1.29, 1.82) is 0 Å². The van der Waals surface area contributed by atoms with E-state index in [1.807, 2.05) is 41.3 Å². The fraction of sp³-hybridized carbons (Fsp3) is 0.500. The smallest absolute Gasteiger partial charge is 0.272 e. The molecule has 1 aromatic carbocycles. The fourth-order valence-corrected chi connectivity index (χ4v) is 4.31. The van der Waals surface area contributed by atoms with Gasteiger partial charge in [-0.15, -0.1) is 0 Å². The van der Waals surface area contributed by atoms with Crippen molar-refractivity contribution in [1.82, 2.24) is 9.88 Å². The topological polar surface area (TPSA) is 51.7 Å². The fourth-order valence-electron chi connectivity index (χ4n) is 4.31. The van der Waals surface area contributed by atoms with Crippen LogP contribution >= 0.6 is 0 Å². The van der Waals surface area contributed by atoms with Crippen LogP contribution in [0.25, 0.3) is 10.9 Å². The first kappa shape index (κ1) is 16.5. The van der Waals surface area contributed by atoms with Crippen LogP contribution in [0.2, 0.25) is 0 Å². The molecule has 0 N–H and O–H groups in total. The van der Waals surface area contributed by atoms with Crippen LogP contribution in [-0.2, 0) is 9.47 Å². The Morgan fingerprint density at radius 2 is 2.24 bits per heavy atom. The molecule has 0 bridgehead atoms. The second-order valence-corrected chi connectivity index (χ2v) is 7.16. The summed E-state index contributed by atoms with van der Waals surface area (Å²) in [6.45, 7) is 2.84. The number of para-hydroxylation sites is 1. The van der Waals surface area contributed by atoms with Crippen molar-refractivity contribution < 1.29 is 14.3 Å². The van der Waals surface area contributed by atoms with Gasteiger partial charge in [0.25, 0.3) is 5.91 Å². The van der Waals surface area contributed by atoms with Crippen LogP contribution in [0.5, 0.6) is 0 Å². The van der Waals surface area contributed by atoms with E-state index < -0.39 is 0 Å². The number of rotatable bonds is 3. The highest BCUT2D eigenvalue weighted by Crippen LogP contribution is 2.40. The highest BCUT2D eigenvalue weighted by Gasteiger charge is 2.47. The van der Waals surface area contributed by atoms with E-state index in [2.05, 4.69) is 4.98 Å². The zero-order valence-electron chi connectivity index (χ0n) is 14.6. The molecule has 5 heteroatoms. The van der Waals surface area contributed by atoms with E-state index in [1.54, 1.807) is 7.11 Å². The standard InChI is InChI=1S/C20H24N2O3/c1-24-14-20-10-4-12-25-18(20)9-11-22(13-20)19(23)17-8-7-15-5-2-3-6-16(15)21-17/h2-3,5-8,18H,4,9-14H2,1H3/t18-,20+/m0/s1. The summed E-state index contributed by atoms with van der Waals surface area (Å²) < 4.78 is 11.5. The Bertz CT molecular complexity index is 774. The van der Waals surface area contributed by atoms with Crippen LogP contribution in [0.3, 0.4) is 0 Å².